The highest BCUT2D eigenvalue weighted by Crippen LogP contribution is 2.38. The van der Waals surface area contributed by atoms with Crippen molar-refractivity contribution < 1.29 is 0 Å². The lowest BCUT2D eigenvalue weighted by atomic mass is 10.2. The number of anilines is 1. The molecule has 0 saturated heterocycles. The minimum Gasteiger partial charge on any atom is -0.373 e. The Kier molecular flexibility index (Phi) is 1.18. The molecule has 0 bridgehead atoms. The highest BCUT2D eigenvalue weighted by atomic mass is 32.2. The van der Waals surface area contributed by atoms with Crippen molar-refractivity contribution in [1.82, 2.24) is 4.98 Å². The summed E-state index contributed by atoms with van der Waals surface area (Å²) in [6.45, 7) is 0. The second-order valence-electron chi connectivity index (χ2n) is 2.85. The fourth-order valence-electron chi connectivity index (χ4n) is 1.59. The van der Waals surface area contributed by atoms with E-state index in [9.17, 15) is 0 Å². The Morgan fingerprint density at radius 1 is 1.25 bits per heavy atom. The molecule has 0 aliphatic carbocycles. The zero-order valence-corrected chi connectivity index (χ0v) is 7.24. The van der Waals surface area contributed by atoms with Crippen molar-refractivity contribution >= 4 is 28.4 Å². The van der Waals surface area contributed by atoms with Gasteiger partial charge in [0.1, 0.15) is 0 Å². The molecular weight excluding hydrogens is 168 g/mol. The zero-order valence-electron chi connectivity index (χ0n) is 6.42. The van der Waals surface area contributed by atoms with Crippen LogP contribution < -0.4 is 5.32 Å². The second kappa shape index (κ2) is 2.20. The van der Waals surface area contributed by atoms with Crippen molar-refractivity contribution in [2.45, 2.75) is 4.90 Å². The van der Waals surface area contributed by atoms with E-state index in [0.717, 1.165) is 5.88 Å². The van der Waals surface area contributed by atoms with Crippen LogP contribution in [0.3, 0.4) is 0 Å². The van der Waals surface area contributed by atoms with E-state index in [4.69, 9.17) is 0 Å². The van der Waals surface area contributed by atoms with Crippen LogP contribution in [0.25, 0.3) is 10.9 Å². The van der Waals surface area contributed by atoms with Gasteiger partial charge in [0.25, 0.3) is 0 Å². The van der Waals surface area contributed by atoms with Gasteiger partial charge in [-0.05, 0) is 12.1 Å². The van der Waals surface area contributed by atoms with E-state index in [0.29, 0.717) is 0 Å². The zero-order chi connectivity index (χ0) is 7.97. The van der Waals surface area contributed by atoms with Crippen LogP contribution in [-0.4, -0.2) is 10.9 Å². The number of hydrogen-bond acceptors (Lipinski definition) is 2. The first-order chi connectivity index (χ1) is 5.95. The monoisotopic (exact) mass is 176 g/mol. The number of H-pyrrole nitrogens is 1. The minimum atomic E-state index is 0.994. The summed E-state index contributed by atoms with van der Waals surface area (Å²) < 4.78 is 0. The molecule has 1 aliphatic rings. The van der Waals surface area contributed by atoms with Crippen LogP contribution in [0.1, 0.15) is 0 Å². The predicted molar refractivity (Wildman–Crippen MR) is 52.6 cm³/mol. The van der Waals surface area contributed by atoms with Crippen LogP contribution in [0.2, 0.25) is 0 Å². The highest BCUT2D eigenvalue weighted by Gasteiger charge is 2.13. The van der Waals surface area contributed by atoms with Crippen LogP contribution in [0, 0.1) is 0 Å². The summed E-state index contributed by atoms with van der Waals surface area (Å²) in [6, 6.07) is 6.43. The normalized spacial score (nSPS) is 14.7. The molecule has 0 radical (unpaired) electrons. The van der Waals surface area contributed by atoms with E-state index in [1.807, 2.05) is 18.0 Å². The maximum absolute atomic E-state index is 3.36. The Hall–Kier alpha value is -1.09. The van der Waals surface area contributed by atoms with E-state index in [2.05, 4.69) is 28.5 Å². The lowest BCUT2D eigenvalue weighted by molar-refractivity contribution is 1.41. The van der Waals surface area contributed by atoms with Crippen molar-refractivity contribution in [2.24, 2.45) is 0 Å². The van der Waals surface area contributed by atoms with Gasteiger partial charge in [0, 0.05) is 16.5 Å². The number of thioether (sulfide) groups is 1. The summed E-state index contributed by atoms with van der Waals surface area (Å²) in [5.74, 6) is 0.994. The summed E-state index contributed by atoms with van der Waals surface area (Å²) in [5.41, 5.74) is 2.50. The van der Waals surface area contributed by atoms with Crippen molar-refractivity contribution in [3.05, 3.63) is 24.4 Å². The van der Waals surface area contributed by atoms with Crippen molar-refractivity contribution in [3.8, 4) is 0 Å². The van der Waals surface area contributed by atoms with Gasteiger partial charge in [-0.25, -0.2) is 0 Å². The fraction of sp³-hybridized carbons (Fsp3) is 0.111. The predicted octanol–water partition coefficient (Wildman–Crippen LogP) is 2.64. The summed E-state index contributed by atoms with van der Waals surface area (Å²) in [4.78, 5) is 4.60. The first-order valence-electron chi connectivity index (χ1n) is 3.92. The van der Waals surface area contributed by atoms with E-state index in [1.165, 1.54) is 21.5 Å². The maximum Gasteiger partial charge on any atom is 0.0730 e. The van der Waals surface area contributed by atoms with Gasteiger partial charge in [-0.3, -0.25) is 0 Å². The number of aromatic amines is 1. The van der Waals surface area contributed by atoms with Gasteiger partial charge in [-0.15, -0.1) is 11.8 Å². The molecular formula is C9H8N2S. The molecule has 2 N–H and O–H groups in total. The molecule has 0 fully saturated rings. The third-order valence-electron chi connectivity index (χ3n) is 2.17. The molecule has 2 heterocycles. The van der Waals surface area contributed by atoms with E-state index < -0.39 is 0 Å². The first kappa shape index (κ1) is 6.43. The Labute approximate surface area is 74.4 Å². The van der Waals surface area contributed by atoms with Gasteiger partial charge in [-0.2, -0.15) is 0 Å². The molecule has 2 nitrogen and oxygen atoms in total. The molecule has 2 aromatic rings. The molecule has 60 valence electrons. The summed E-state index contributed by atoms with van der Waals surface area (Å²) in [7, 11) is 0. The van der Waals surface area contributed by atoms with Gasteiger partial charge < -0.3 is 10.3 Å². The topological polar surface area (TPSA) is 27.8 Å². The SMILES string of the molecule is c1cc2ccc3c(c2[nH]1)NCS3. The maximum atomic E-state index is 3.36. The standard InChI is InChI=1S/C9H8N2S/c1-2-7-9(11-5-12-7)8-6(1)3-4-10-8/h1-4,10-11H,5H2. The smallest absolute Gasteiger partial charge is 0.0730 e. The van der Waals surface area contributed by atoms with Gasteiger partial charge in [0.05, 0.1) is 17.1 Å². The first-order valence-corrected chi connectivity index (χ1v) is 4.90. The molecule has 1 aromatic heterocycles. The van der Waals surface area contributed by atoms with Gasteiger partial charge in [0.2, 0.25) is 0 Å². The van der Waals surface area contributed by atoms with Crippen molar-refractivity contribution in [3.63, 3.8) is 0 Å². The Bertz CT molecular complexity index is 433. The van der Waals surface area contributed by atoms with Crippen LogP contribution >= 0.6 is 11.8 Å². The number of rotatable bonds is 0. The molecule has 1 aromatic carbocycles. The second-order valence-corrected chi connectivity index (χ2v) is 3.86. The Morgan fingerprint density at radius 2 is 2.25 bits per heavy atom. The lowest BCUT2D eigenvalue weighted by Gasteiger charge is -1.99. The fourth-order valence-corrected chi connectivity index (χ4v) is 2.45. The van der Waals surface area contributed by atoms with E-state index in [-0.39, 0.29) is 0 Å². The molecule has 0 amide bonds. The molecule has 3 heteroatoms. The number of hydrogen-bond donors (Lipinski definition) is 2. The van der Waals surface area contributed by atoms with Crippen molar-refractivity contribution in [2.75, 3.05) is 11.2 Å². The van der Waals surface area contributed by atoms with Gasteiger partial charge in [0.15, 0.2) is 0 Å². The number of nitrogens with one attached hydrogen (secondary N) is 2. The van der Waals surface area contributed by atoms with Crippen LogP contribution in [0.5, 0.6) is 0 Å². The summed E-state index contributed by atoms with van der Waals surface area (Å²) >= 11 is 1.85. The molecule has 12 heavy (non-hydrogen) atoms. The molecule has 0 unspecified atom stereocenters. The molecule has 3 rings (SSSR count). The number of fused-ring (bicyclic) bond motifs is 3. The third kappa shape index (κ3) is 0.716. The van der Waals surface area contributed by atoms with Crippen LogP contribution in [0.15, 0.2) is 29.3 Å². The van der Waals surface area contributed by atoms with Gasteiger partial charge in [-0.1, -0.05) is 6.07 Å². The van der Waals surface area contributed by atoms with Crippen LogP contribution in [0.4, 0.5) is 5.69 Å². The number of benzene rings is 1. The largest absolute Gasteiger partial charge is 0.373 e. The average molecular weight is 176 g/mol. The minimum absolute atomic E-state index is 0.994. The van der Waals surface area contributed by atoms with Crippen LogP contribution in [-0.2, 0) is 0 Å². The molecule has 0 spiro atoms. The van der Waals surface area contributed by atoms with Gasteiger partial charge >= 0.3 is 0 Å². The Balaban J connectivity index is 2.46. The summed E-state index contributed by atoms with van der Waals surface area (Å²) in [5, 5.41) is 4.64. The third-order valence-corrected chi connectivity index (χ3v) is 3.11. The van der Waals surface area contributed by atoms with E-state index in [1.54, 1.807) is 0 Å². The summed E-state index contributed by atoms with van der Waals surface area (Å²) in [6.07, 6.45) is 1.98. The molecule has 0 saturated carbocycles. The quantitative estimate of drug-likeness (QED) is 0.645. The molecule has 0 atom stereocenters. The molecule has 1 aliphatic heterocycles. The number of aromatic nitrogens is 1. The lowest BCUT2D eigenvalue weighted by Crippen LogP contribution is -1.89. The van der Waals surface area contributed by atoms with E-state index >= 15 is 0 Å². The highest BCUT2D eigenvalue weighted by molar-refractivity contribution is 7.99. The Morgan fingerprint density at radius 3 is 3.25 bits per heavy atom. The average Bonchev–Trinajstić information content (AvgIpc) is 2.71. The van der Waals surface area contributed by atoms with Crippen molar-refractivity contribution in [1.29, 1.82) is 0 Å².